The van der Waals surface area contributed by atoms with Gasteiger partial charge in [-0.15, -0.1) is 0 Å². The average molecular weight is 368 g/mol. The van der Waals surface area contributed by atoms with Gasteiger partial charge in [-0.2, -0.15) is 0 Å². The van der Waals surface area contributed by atoms with E-state index in [9.17, 15) is 4.79 Å². The molecule has 0 amide bonds. The number of carbonyl (C=O) groups excluding carboxylic acids is 1. The van der Waals surface area contributed by atoms with Gasteiger partial charge in [0.25, 0.3) is 0 Å². The van der Waals surface area contributed by atoms with Crippen LogP contribution in [0, 0.1) is 0 Å². The summed E-state index contributed by atoms with van der Waals surface area (Å²) < 4.78 is 12.7. The molecule has 0 N–H and O–H groups in total. The monoisotopic (exact) mass is 368 g/mol. The molecule has 1 aliphatic rings. The first-order valence-electron chi connectivity index (χ1n) is 9.60. The zero-order chi connectivity index (χ0) is 19.8. The van der Waals surface area contributed by atoms with Crippen molar-refractivity contribution in [3.05, 3.63) is 59.7 Å². The van der Waals surface area contributed by atoms with Gasteiger partial charge in [0, 0.05) is 11.1 Å². The highest BCUT2D eigenvalue weighted by atomic mass is 16.6. The molecule has 4 heteroatoms. The van der Waals surface area contributed by atoms with Gasteiger partial charge in [-0.25, -0.2) is 0 Å². The summed E-state index contributed by atoms with van der Waals surface area (Å²) >= 11 is 0. The third-order valence-electron chi connectivity index (χ3n) is 6.31. The van der Waals surface area contributed by atoms with Crippen LogP contribution in [0.2, 0.25) is 0 Å². The first-order chi connectivity index (χ1) is 12.7. The molecule has 144 valence electrons. The number of rotatable bonds is 5. The van der Waals surface area contributed by atoms with Crippen LogP contribution in [0.4, 0.5) is 0 Å². The Labute approximate surface area is 162 Å². The van der Waals surface area contributed by atoms with Crippen molar-refractivity contribution in [2.24, 2.45) is 0 Å². The number of esters is 1. The van der Waals surface area contributed by atoms with E-state index >= 15 is 0 Å². The van der Waals surface area contributed by atoms with E-state index < -0.39 is 5.41 Å². The third kappa shape index (κ3) is 3.12. The number of fused-ring (bicyclic) bond motifs is 2. The van der Waals surface area contributed by atoms with Crippen LogP contribution in [0.15, 0.2) is 48.5 Å². The van der Waals surface area contributed by atoms with Crippen LogP contribution in [-0.4, -0.2) is 36.3 Å². The summed E-state index contributed by atoms with van der Waals surface area (Å²) in [6, 6.07) is 16.1. The number of ether oxygens (including phenoxy) is 2. The van der Waals surface area contributed by atoms with Crippen LogP contribution < -0.4 is 4.74 Å². The molecular weight excluding hydrogens is 338 g/mol. The van der Waals surface area contributed by atoms with Gasteiger partial charge in [-0.05, 0) is 46.8 Å². The molecule has 3 rings (SSSR count). The minimum atomic E-state index is -0.899. The standard InChI is InChI=1S/C23H30NO3/c1-16(2)24(6,17(3)4)15-26-22(25)23(5)18-11-7-9-13-20(18)27-21-14-10-8-12-19(21)23/h7-14,16-17H,15H2,1-6H3/q+1. The van der Waals surface area contributed by atoms with Crippen LogP contribution in [0.25, 0.3) is 0 Å². The molecule has 2 aromatic rings. The summed E-state index contributed by atoms with van der Waals surface area (Å²) in [5.74, 6) is 1.18. The molecule has 0 aliphatic carbocycles. The molecule has 1 aliphatic heterocycles. The van der Waals surface area contributed by atoms with Crippen molar-refractivity contribution in [2.75, 3.05) is 13.8 Å². The maximum atomic E-state index is 13.4. The summed E-state index contributed by atoms with van der Waals surface area (Å²) in [5, 5.41) is 0. The summed E-state index contributed by atoms with van der Waals surface area (Å²) in [7, 11) is 2.14. The van der Waals surface area contributed by atoms with Crippen LogP contribution in [0.5, 0.6) is 11.5 Å². The second kappa shape index (κ2) is 7.01. The van der Waals surface area contributed by atoms with E-state index in [2.05, 4.69) is 34.7 Å². The van der Waals surface area contributed by atoms with Gasteiger partial charge in [0.2, 0.25) is 6.73 Å². The minimum absolute atomic E-state index is 0.239. The molecule has 1 heterocycles. The minimum Gasteiger partial charge on any atom is -0.457 e. The Morgan fingerprint density at radius 2 is 1.41 bits per heavy atom. The maximum absolute atomic E-state index is 13.4. The van der Waals surface area contributed by atoms with E-state index in [4.69, 9.17) is 9.47 Å². The predicted octanol–water partition coefficient (Wildman–Crippen LogP) is 4.86. The van der Waals surface area contributed by atoms with Gasteiger partial charge >= 0.3 is 5.97 Å². The Hall–Kier alpha value is -2.33. The lowest BCUT2D eigenvalue weighted by atomic mass is 9.74. The Kier molecular flexibility index (Phi) is 5.04. The maximum Gasteiger partial charge on any atom is 0.325 e. The van der Waals surface area contributed by atoms with E-state index in [0.29, 0.717) is 34.8 Å². The molecular formula is C23H30NO3+. The molecule has 0 atom stereocenters. The lowest BCUT2D eigenvalue weighted by molar-refractivity contribution is -0.964. The number of nitrogens with zero attached hydrogens (tertiary/aromatic N) is 1. The zero-order valence-corrected chi connectivity index (χ0v) is 17.2. The van der Waals surface area contributed by atoms with E-state index in [1.807, 2.05) is 55.5 Å². The van der Waals surface area contributed by atoms with E-state index in [0.717, 1.165) is 11.1 Å². The highest BCUT2D eigenvalue weighted by Gasteiger charge is 2.46. The highest BCUT2D eigenvalue weighted by Crippen LogP contribution is 2.48. The molecule has 0 fully saturated rings. The molecule has 0 aromatic heterocycles. The van der Waals surface area contributed by atoms with Crippen molar-refractivity contribution in [2.45, 2.75) is 52.1 Å². The lowest BCUT2D eigenvalue weighted by Gasteiger charge is -2.42. The van der Waals surface area contributed by atoms with Crippen molar-refractivity contribution < 1.29 is 18.8 Å². The van der Waals surface area contributed by atoms with Crippen LogP contribution in [0.1, 0.15) is 45.7 Å². The summed E-state index contributed by atoms with van der Waals surface area (Å²) in [4.78, 5) is 13.4. The Bertz CT molecular complexity index is 788. The van der Waals surface area contributed by atoms with Crippen LogP contribution in [-0.2, 0) is 14.9 Å². The van der Waals surface area contributed by atoms with Crippen molar-refractivity contribution >= 4 is 5.97 Å². The van der Waals surface area contributed by atoms with E-state index in [1.54, 1.807) is 0 Å². The lowest BCUT2D eigenvalue weighted by Crippen LogP contribution is -2.56. The number of para-hydroxylation sites is 2. The van der Waals surface area contributed by atoms with Gasteiger partial charge in [0.05, 0.1) is 19.1 Å². The Morgan fingerprint density at radius 1 is 0.963 bits per heavy atom. The number of hydrogen-bond donors (Lipinski definition) is 0. The Balaban J connectivity index is 1.99. The van der Waals surface area contributed by atoms with Gasteiger partial charge < -0.3 is 9.47 Å². The second-order valence-electron chi connectivity index (χ2n) is 8.31. The molecule has 0 saturated heterocycles. The number of carbonyl (C=O) groups is 1. The van der Waals surface area contributed by atoms with Gasteiger partial charge in [-0.1, -0.05) is 36.4 Å². The fourth-order valence-corrected chi connectivity index (χ4v) is 3.66. The molecule has 0 unspecified atom stereocenters. The normalized spacial score (nSPS) is 15.1. The third-order valence-corrected chi connectivity index (χ3v) is 6.31. The van der Waals surface area contributed by atoms with Crippen molar-refractivity contribution in [3.63, 3.8) is 0 Å². The van der Waals surface area contributed by atoms with Crippen molar-refractivity contribution in [1.29, 1.82) is 0 Å². The summed E-state index contributed by atoms with van der Waals surface area (Å²) in [6.45, 7) is 10.9. The van der Waals surface area contributed by atoms with Crippen LogP contribution >= 0.6 is 0 Å². The quantitative estimate of drug-likeness (QED) is 0.429. The van der Waals surface area contributed by atoms with Crippen molar-refractivity contribution in [1.82, 2.24) is 0 Å². The average Bonchev–Trinajstić information content (AvgIpc) is 2.65. The fourth-order valence-electron chi connectivity index (χ4n) is 3.66. The molecule has 0 saturated carbocycles. The molecule has 4 nitrogen and oxygen atoms in total. The molecule has 0 radical (unpaired) electrons. The molecule has 0 spiro atoms. The van der Waals surface area contributed by atoms with Gasteiger partial charge in [0.1, 0.15) is 16.9 Å². The predicted molar refractivity (Wildman–Crippen MR) is 107 cm³/mol. The first-order valence-corrected chi connectivity index (χ1v) is 9.60. The highest BCUT2D eigenvalue weighted by molar-refractivity contribution is 5.90. The van der Waals surface area contributed by atoms with Crippen molar-refractivity contribution in [3.8, 4) is 11.5 Å². The number of quaternary nitrogens is 1. The fraction of sp³-hybridized carbons (Fsp3) is 0.435. The number of hydrogen-bond acceptors (Lipinski definition) is 3. The van der Waals surface area contributed by atoms with Crippen LogP contribution in [0.3, 0.4) is 0 Å². The zero-order valence-electron chi connectivity index (χ0n) is 17.2. The molecule has 0 bridgehead atoms. The van der Waals surface area contributed by atoms with E-state index in [-0.39, 0.29) is 5.97 Å². The van der Waals surface area contributed by atoms with Gasteiger partial charge in [-0.3, -0.25) is 9.28 Å². The largest absolute Gasteiger partial charge is 0.457 e. The SMILES string of the molecule is CC(C)[N+](C)(COC(=O)C1(C)c2ccccc2Oc2ccccc21)C(C)C. The van der Waals surface area contributed by atoms with E-state index in [1.165, 1.54) is 0 Å². The summed E-state index contributed by atoms with van der Waals surface area (Å²) in [6.07, 6.45) is 0. The second-order valence-corrected chi connectivity index (χ2v) is 8.31. The number of benzene rings is 2. The first kappa shape index (κ1) is 19.4. The smallest absolute Gasteiger partial charge is 0.325 e. The van der Waals surface area contributed by atoms with Gasteiger partial charge in [0.15, 0.2) is 0 Å². The molecule has 27 heavy (non-hydrogen) atoms. The summed E-state index contributed by atoms with van der Waals surface area (Å²) in [5.41, 5.74) is 0.790. The molecule has 2 aromatic carbocycles. The topological polar surface area (TPSA) is 35.5 Å². The Morgan fingerprint density at radius 3 is 1.85 bits per heavy atom.